The third-order valence-electron chi connectivity index (χ3n) is 6.44. The number of halogens is 1. The molecule has 0 radical (unpaired) electrons. The lowest BCUT2D eigenvalue weighted by molar-refractivity contribution is 0.177. The van der Waals surface area contributed by atoms with E-state index in [1.807, 2.05) is 11.3 Å². The molecule has 0 spiro atoms. The molecule has 5 rings (SSSR count). The summed E-state index contributed by atoms with van der Waals surface area (Å²) in [6.07, 6.45) is 12.7. The summed E-state index contributed by atoms with van der Waals surface area (Å²) in [7, 11) is 2.10. The molecule has 0 atom stereocenters. The van der Waals surface area contributed by atoms with Crippen molar-refractivity contribution in [3.05, 3.63) is 46.6 Å². The lowest BCUT2D eigenvalue weighted by atomic mass is 9.90. The van der Waals surface area contributed by atoms with Crippen molar-refractivity contribution in [1.82, 2.24) is 19.9 Å². The van der Waals surface area contributed by atoms with Crippen LogP contribution < -0.4 is 5.32 Å². The van der Waals surface area contributed by atoms with Gasteiger partial charge >= 0.3 is 0 Å². The van der Waals surface area contributed by atoms with Crippen molar-refractivity contribution in [2.45, 2.75) is 63.6 Å². The SMILES string of the molecule is CN(Cc1ccncc1F)[C@H]1CC[C@H](Nc2ncnc3sc4c(c23)CCC4)CC1. The predicted molar refractivity (Wildman–Crippen MR) is 115 cm³/mol. The summed E-state index contributed by atoms with van der Waals surface area (Å²) in [5.74, 6) is 0.802. The molecule has 2 aliphatic rings. The van der Waals surface area contributed by atoms with Crippen molar-refractivity contribution in [1.29, 1.82) is 0 Å². The highest BCUT2D eigenvalue weighted by atomic mass is 32.1. The molecule has 0 aliphatic heterocycles. The number of pyridine rings is 1. The molecular weight excluding hydrogens is 385 g/mol. The highest BCUT2D eigenvalue weighted by Gasteiger charge is 2.26. The smallest absolute Gasteiger partial charge is 0.145 e. The van der Waals surface area contributed by atoms with Gasteiger partial charge in [0.15, 0.2) is 0 Å². The second-order valence-electron chi connectivity index (χ2n) is 8.29. The summed E-state index contributed by atoms with van der Waals surface area (Å²) in [5, 5.41) is 4.99. The van der Waals surface area contributed by atoms with E-state index in [-0.39, 0.29) is 5.82 Å². The van der Waals surface area contributed by atoms with E-state index in [4.69, 9.17) is 0 Å². The van der Waals surface area contributed by atoms with Crippen LogP contribution in [0.2, 0.25) is 0 Å². The summed E-state index contributed by atoms with van der Waals surface area (Å²) in [6, 6.07) is 2.70. The van der Waals surface area contributed by atoms with Gasteiger partial charge in [-0.25, -0.2) is 14.4 Å². The van der Waals surface area contributed by atoms with Gasteiger partial charge in [0.25, 0.3) is 0 Å². The van der Waals surface area contributed by atoms with Gasteiger partial charge in [-0.3, -0.25) is 9.88 Å². The van der Waals surface area contributed by atoms with Gasteiger partial charge < -0.3 is 5.32 Å². The Morgan fingerprint density at radius 3 is 2.90 bits per heavy atom. The maximum atomic E-state index is 13.9. The van der Waals surface area contributed by atoms with E-state index in [1.165, 1.54) is 34.9 Å². The molecule has 0 bridgehead atoms. The van der Waals surface area contributed by atoms with Crippen molar-refractivity contribution in [3.63, 3.8) is 0 Å². The maximum absolute atomic E-state index is 13.9. The molecule has 0 unspecified atom stereocenters. The lowest BCUT2D eigenvalue weighted by Gasteiger charge is -2.35. The Hall–Kier alpha value is -2.12. The zero-order valence-electron chi connectivity index (χ0n) is 16.7. The molecule has 3 heterocycles. The van der Waals surface area contributed by atoms with Gasteiger partial charge in [0.2, 0.25) is 0 Å². The highest BCUT2D eigenvalue weighted by molar-refractivity contribution is 7.19. The molecule has 1 saturated carbocycles. The molecule has 0 aromatic carbocycles. The molecule has 3 aromatic rings. The van der Waals surface area contributed by atoms with Gasteiger partial charge in [-0.05, 0) is 63.6 Å². The van der Waals surface area contributed by atoms with Gasteiger partial charge in [0.1, 0.15) is 22.8 Å². The van der Waals surface area contributed by atoms with Gasteiger partial charge in [-0.2, -0.15) is 0 Å². The van der Waals surface area contributed by atoms with Crippen LogP contribution in [0.3, 0.4) is 0 Å². The van der Waals surface area contributed by atoms with Crippen molar-refractivity contribution >= 4 is 27.4 Å². The van der Waals surface area contributed by atoms with E-state index < -0.39 is 0 Å². The second-order valence-corrected chi connectivity index (χ2v) is 9.38. The molecule has 0 saturated heterocycles. The molecule has 1 fully saturated rings. The number of aromatic nitrogens is 3. The average Bonchev–Trinajstić information content (AvgIpc) is 3.32. The van der Waals surface area contributed by atoms with Crippen molar-refractivity contribution in [2.24, 2.45) is 0 Å². The minimum Gasteiger partial charge on any atom is -0.367 e. The molecule has 5 nitrogen and oxygen atoms in total. The molecule has 1 N–H and O–H groups in total. The Balaban J connectivity index is 1.23. The molecular formula is C22H26FN5S. The first-order valence-corrected chi connectivity index (χ1v) is 11.3. The van der Waals surface area contributed by atoms with Crippen LogP contribution in [0.15, 0.2) is 24.8 Å². The number of hydrogen-bond acceptors (Lipinski definition) is 6. The Morgan fingerprint density at radius 2 is 2.07 bits per heavy atom. The first-order valence-electron chi connectivity index (χ1n) is 10.5. The van der Waals surface area contributed by atoms with Crippen LogP contribution in [0.1, 0.15) is 48.1 Å². The van der Waals surface area contributed by atoms with E-state index >= 15 is 0 Å². The van der Waals surface area contributed by atoms with Gasteiger partial charge in [0.05, 0.1) is 11.6 Å². The molecule has 0 amide bonds. The number of nitrogens with one attached hydrogen (secondary N) is 1. The van der Waals surface area contributed by atoms with Crippen LogP contribution in [0, 0.1) is 5.82 Å². The van der Waals surface area contributed by atoms with Crippen LogP contribution in [0.25, 0.3) is 10.2 Å². The van der Waals surface area contributed by atoms with E-state index in [1.54, 1.807) is 18.6 Å². The van der Waals surface area contributed by atoms with Crippen molar-refractivity contribution in [2.75, 3.05) is 12.4 Å². The third-order valence-corrected chi connectivity index (χ3v) is 7.64. The zero-order chi connectivity index (χ0) is 19.8. The van der Waals surface area contributed by atoms with Gasteiger partial charge in [-0.15, -0.1) is 11.3 Å². The highest BCUT2D eigenvalue weighted by Crippen LogP contribution is 2.39. The number of fused-ring (bicyclic) bond motifs is 3. The third kappa shape index (κ3) is 3.73. The number of rotatable bonds is 5. The second kappa shape index (κ2) is 7.95. The zero-order valence-corrected chi connectivity index (χ0v) is 17.5. The quantitative estimate of drug-likeness (QED) is 0.667. The van der Waals surface area contributed by atoms with Gasteiger partial charge in [0, 0.05) is 35.3 Å². The number of thiophene rings is 1. The van der Waals surface area contributed by atoms with Crippen molar-refractivity contribution in [3.8, 4) is 0 Å². The predicted octanol–water partition coefficient (Wildman–Crippen LogP) is 4.57. The number of aryl methyl sites for hydroxylation is 2. The summed E-state index contributed by atoms with van der Waals surface area (Å²) >= 11 is 1.84. The number of hydrogen-bond donors (Lipinski definition) is 1. The Bertz CT molecular complexity index is 1010. The normalized spacial score (nSPS) is 21.6. The summed E-state index contributed by atoms with van der Waals surface area (Å²) in [4.78, 5) is 17.8. The average molecular weight is 412 g/mol. The van der Waals surface area contributed by atoms with Crippen LogP contribution >= 0.6 is 11.3 Å². The topological polar surface area (TPSA) is 53.9 Å². The fourth-order valence-corrected chi connectivity index (χ4v) is 6.05. The molecule has 7 heteroatoms. The molecule has 152 valence electrons. The van der Waals surface area contributed by atoms with E-state index in [0.29, 0.717) is 18.6 Å². The van der Waals surface area contributed by atoms with Crippen LogP contribution in [0.5, 0.6) is 0 Å². The lowest BCUT2D eigenvalue weighted by Crippen LogP contribution is -2.38. The Kier molecular flexibility index (Phi) is 5.18. The first-order chi connectivity index (χ1) is 14.2. The number of nitrogens with zero attached hydrogens (tertiary/aromatic N) is 4. The summed E-state index contributed by atoms with van der Waals surface area (Å²) in [5.41, 5.74) is 2.19. The minimum atomic E-state index is -0.217. The van der Waals surface area contributed by atoms with Gasteiger partial charge in [-0.1, -0.05) is 0 Å². The summed E-state index contributed by atoms with van der Waals surface area (Å²) in [6.45, 7) is 0.630. The number of anilines is 1. The van der Waals surface area contributed by atoms with Crippen LogP contribution in [-0.4, -0.2) is 39.0 Å². The Labute approximate surface area is 174 Å². The molecule has 29 heavy (non-hydrogen) atoms. The van der Waals surface area contributed by atoms with Crippen molar-refractivity contribution < 1.29 is 4.39 Å². The minimum absolute atomic E-state index is 0.217. The van der Waals surface area contributed by atoms with E-state index in [0.717, 1.165) is 48.3 Å². The maximum Gasteiger partial charge on any atom is 0.145 e. The van der Waals surface area contributed by atoms with E-state index in [2.05, 4.69) is 32.2 Å². The van der Waals surface area contributed by atoms with Crippen LogP contribution in [-0.2, 0) is 19.4 Å². The monoisotopic (exact) mass is 411 g/mol. The largest absolute Gasteiger partial charge is 0.367 e. The summed E-state index contributed by atoms with van der Waals surface area (Å²) < 4.78 is 13.9. The standard InChI is InChI=1S/C22H26FN5S/c1-28(12-14-9-10-24-11-18(14)23)16-7-5-15(6-8-16)27-21-20-17-3-2-4-19(17)29-22(20)26-13-25-21/h9-11,13,15-16H,2-8,12H2,1H3,(H,25,26,27)/t15-,16-. The Morgan fingerprint density at radius 1 is 1.21 bits per heavy atom. The molecule has 2 aliphatic carbocycles. The fraction of sp³-hybridized carbons (Fsp3) is 0.500. The van der Waals surface area contributed by atoms with Crippen LogP contribution in [0.4, 0.5) is 10.2 Å². The molecule has 3 aromatic heterocycles. The fourth-order valence-electron chi connectivity index (χ4n) is 4.82. The first kappa shape index (κ1) is 18.9. The van der Waals surface area contributed by atoms with E-state index in [9.17, 15) is 4.39 Å².